The average molecular weight is 234 g/mol. The van der Waals surface area contributed by atoms with E-state index in [1.165, 1.54) is 38.8 Å². The highest BCUT2D eigenvalue weighted by Crippen LogP contribution is 2.09. The summed E-state index contributed by atoms with van der Waals surface area (Å²) in [5.74, 6) is 0.750. The van der Waals surface area contributed by atoms with Crippen LogP contribution in [0.3, 0.4) is 0 Å². The zero-order valence-electron chi connectivity index (χ0n) is 10.7. The molecule has 0 aromatic carbocycles. The largest absolute Gasteiger partial charge is 0.353 e. The summed E-state index contributed by atoms with van der Waals surface area (Å²) in [4.78, 5) is 11.1. The lowest BCUT2D eigenvalue weighted by molar-refractivity contribution is 0.296. The molecule has 0 amide bonds. The van der Waals surface area contributed by atoms with Crippen LogP contribution in [0.5, 0.6) is 0 Å². The third kappa shape index (κ3) is 4.30. The fourth-order valence-corrected chi connectivity index (χ4v) is 2.22. The summed E-state index contributed by atoms with van der Waals surface area (Å²) in [7, 11) is 0. The van der Waals surface area contributed by atoms with Gasteiger partial charge in [-0.1, -0.05) is 12.8 Å². The summed E-state index contributed by atoms with van der Waals surface area (Å²) < 4.78 is 0. The Balaban J connectivity index is 1.71. The van der Waals surface area contributed by atoms with E-state index in [4.69, 9.17) is 0 Å². The summed E-state index contributed by atoms with van der Waals surface area (Å²) in [5.41, 5.74) is 1.01. The molecule has 1 aliphatic heterocycles. The highest BCUT2D eigenvalue weighted by molar-refractivity contribution is 5.24. The van der Waals surface area contributed by atoms with Gasteiger partial charge in [0.25, 0.3) is 0 Å². The number of hydrogen-bond acceptors (Lipinski definition) is 4. The molecule has 2 heterocycles. The minimum atomic E-state index is 0.750. The topological polar surface area (TPSA) is 41.1 Å². The molecule has 1 N–H and O–H groups in total. The van der Waals surface area contributed by atoms with Crippen LogP contribution in [-0.2, 0) is 0 Å². The maximum absolute atomic E-state index is 4.33. The second kappa shape index (κ2) is 6.55. The van der Waals surface area contributed by atoms with E-state index in [2.05, 4.69) is 20.2 Å². The first-order chi connectivity index (χ1) is 8.34. The van der Waals surface area contributed by atoms with Gasteiger partial charge in [-0.15, -0.1) is 0 Å². The van der Waals surface area contributed by atoms with Gasteiger partial charge < -0.3 is 10.2 Å². The Bertz CT molecular complexity index is 332. The maximum atomic E-state index is 4.33. The minimum Gasteiger partial charge on any atom is -0.353 e. The molecule has 0 bridgehead atoms. The monoisotopic (exact) mass is 234 g/mol. The molecule has 94 valence electrons. The van der Waals surface area contributed by atoms with E-state index in [1.807, 2.05) is 13.0 Å². The summed E-state index contributed by atoms with van der Waals surface area (Å²) in [6, 6.07) is 1.92. The fourth-order valence-electron chi connectivity index (χ4n) is 2.22. The molecule has 17 heavy (non-hydrogen) atoms. The first kappa shape index (κ1) is 12.3. The highest BCUT2D eigenvalue weighted by atomic mass is 15.2. The second-order valence-electron chi connectivity index (χ2n) is 4.70. The van der Waals surface area contributed by atoms with Crippen molar-refractivity contribution >= 4 is 5.95 Å². The SMILES string of the molecule is Cc1ccnc(NCCN2CCCCCC2)n1. The van der Waals surface area contributed by atoms with Crippen LogP contribution in [-0.4, -0.2) is 41.0 Å². The molecule has 0 atom stereocenters. The van der Waals surface area contributed by atoms with Gasteiger partial charge in [-0.3, -0.25) is 0 Å². The van der Waals surface area contributed by atoms with Gasteiger partial charge in [-0.2, -0.15) is 0 Å². The Kier molecular flexibility index (Phi) is 4.74. The molecule has 0 spiro atoms. The average Bonchev–Trinajstić information content (AvgIpc) is 2.58. The first-order valence-corrected chi connectivity index (χ1v) is 6.60. The van der Waals surface area contributed by atoms with Crippen LogP contribution in [0, 0.1) is 6.92 Å². The van der Waals surface area contributed by atoms with E-state index in [1.54, 1.807) is 6.20 Å². The van der Waals surface area contributed by atoms with Gasteiger partial charge in [0.1, 0.15) is 0 Å². The molecule has 1 aromatic rings. The van der Waals surface area contributed by atoms with Gasteiger partial charge in [0.15, 0.2) is 0 Å². The molecule has 1 aliphatic rings. The molecule has 0 unspecified atom stereocenters. The summed E-state index contributed by atoms with van der Waals surface area (Å²) in [5, 5.41) is 3.29. The fraction of sp³-hybridized carbons (Fsp3) is 0.692. The van der Waals surface area contributed by atoms with Gasteiger partial charge >= 0.3 is 0 Å². The molecular formula is C13H22N4. The predicted molar refractivity (Wildman–Crippen MR) is 70.2 cm³/mol. The van der Waals surface area contributed by atoms with Gasteiger partial charge in [0.2, 0.25) is 5.95 Å². The second-order valence-corrected chi connectivity index (χ2v) is 4.70. The quantitative estimate of drug-likeness (QED) is 0.866. The van der Waals surface area contributed by atoms with Crippen molar-refractivity contribution in [2.75, 3.05) is 31.5 Å². The number of rotatable bonds is 4. The van der Waals surface area contributed by atoms with Crippen molar-refractivity contribution < 1.29 is 0 Å². The molecule has 4 heteroatoms. The molecule has 0 saturated carbocycles. The lowest BCUT2D eigenvalue weighted by atomic mass is 10.2. The number of anilines is 1. The lowest BCUT2D eigenvalue weighted by Gasteiger charge is -2.19. The van der Waals surface area contributed by atoms with Crippen molar-refractivity contribution in [1.82, 2.24) is 14.9 Å². The van der Waals surface area contributed by atoms with Crippen LogP contribution in [0.2, 0.25) is 0 Å². The Morgan fingerprint density at radius 3 is 2.71 bits per heavy atom. The van der Waals surface area contributed by atoms with Gasteiger partial charge in [0.05, 0.1) is 0 Å². The van der Waals surface area contributed by atoms with Crippen LogP contribution in [0.25, 0.3) is 0 Å². The number of nitrogens with zero attached hydrogens (tertiary/aromatic N) is 3. The van der Waals surface area contributed by atoms with E-state index >= 15 is 0 Å². The third-order valence-electron chi connectivity index (χ3n) is 3.20. The van der Waals surface area contributed by atoms with E-state index in [-0.39, 0.29) is 0 Å². The Hall–Kier alpha value is -1.16. The van der Waals surface area contributed by atoms with Crippen LogP contribution in [0.1, 0.15) is 31.4 Å². The highest BCUT2D eigenvalue weighted by Gasteiger charge is 2.08. The predicted octanol–water partition coefficient (Wildman–Crippen LogP) is 2.07. The molecule has 1 fully saturated rings. The Labute approximate surface area is 103 Å². The van der Waals surface area contributed by atoms with Crippen molar-refractivity contribution in [2.45, 2.75) is 32.6 Å². The van der Waals surface area contributed by atoms with Crippen LogP contribution >= 0.6 is 0 Å². The number of aryl methyl sites for hydroxylation is 1. The van der Waals surface area contributed by atoms with E-state index in [0.717, 1.165) is 24.7 Å². The third-order valence-corrected chi connectivity index (χ3v) is 3.20. The number of likely N-dealkylation sites (tertiary alicyclic amines) is 1. The van der Waals surface area contributed by atoms with Crippen molar-refractivity contribution in [1.29, 1.82) is 0 Å². The van der Waals surface area contributed by atoms with E-state index < -0.39 is 0 Å². The van der Waals surface area contributed by atoms with Gasteiger partial charge in [-0.25, -0.2) is 9.97 Å². The normalized spacial score (nSPS) is 17.7. The summed E-state index contributed by atoms with van der Waals surface area (Å²) >= 11 is 0. The van der Waals surface area contributed by atoms with E-state index in [9.17, 15) is 0 Å². The molecule has 1 aromatic heterocycles. The van der Waals surface area contributed by atoms with Crippen molar-refractivity contribution in [3.8, 4) is 0 Å². The maximum Gasteiger partial charge on any atom is 0.222 e. The summed E-state index contributed by atoms with van der Waals surface area (Å²) in [6.07, 6.45) is 7.29. The van der Waals surface area contributed by atoms with E-state index in [0.29, 0.717) is 0 Å². The lowest BCUT2D eigenvalue weighted by Crippen LogP contribution is -2.30. The van der Waals surface area contributed by atoms with Crippen LogP contribution < -0.4 is 5.32 Å². The number of aromatic nitrogens is 2. The Morgan fingerprint density at radius 2 is 2.00 bits per heavy atom. The number of hydrogen-bond donors (Lipinski definition) is 1. The molecule has 1 saturated heterocycles. The smallest absolute Gasteiger partial charge is 0.222 e. The molecular weight excluding hydrogens is 212 g/mol. The first-order valence-electron chi connectivity index (χ1n) is 6.60. The zero-order chi connectivity index (χ0) is 11.9. The van der Waals surface area contributed by atoms with Crippen molar-refractivity contribution in [2.24, 2.45) is 0 Å². The molecule has 2 rings (SSSR count). The van der Waals surface area contributed by atoms with Crippen LogP contribution in [0.4, 0.5) is 5.95 Å². The van der Waals surface area contributed by atoms with Gasteiger partial charge in [0, 0.05) is 25.0 Å². The van der Waals surface area contributed by atoms with Crippen molar-refractivity contribution in [3.05, 3.63) is 18.0 Å². The van der Waals surface area contributed by atoms with Crippen molar-refractivity contribution in [3.63, 3.8) is 0 Å². The minimum absolute atomic E-state index is 0.750. The number of nitrogens with one attached hydrogen (secondary N) is 1. The summed E-state index contributed by atoms with van der Waals surface area (Å²) in [6.45, 7) is 6.51. The standard InChI is InChI=1S/C13H22N4/c1-12-6-7-14-13(16-12)15-8-11-17-9-4-2-3-5-10-17/h6-7H,2-5,8-11H2,1H3,(H,14,15,16). The molecule has 4 nitrogen and oxygen atoms in total. The van der Waals surface area contributed by atoms with Crippen LogP contribution in [0.15, 0.2) is 12.3 Å². The Morgan fingerprint density at radius 1 is 1.24 bits per heavy atom. The van der Waals surface area contributed by atoms with Gasteiger partial charge in [-0.05, 0) is 38.9 Å². The molecule has 0 aliphatic carbocycles. The molecule has 0 radical (unpaired) electrons. The zero-order valence-corrected chi connectivity index (χ0v) is 10.7.